The van der Waals surface area contributed by atoms with Crippen LogP contribution in [0.25, 0.3) is 0 Å². The van der Waals surface area contributed by atoms with Gasteiger partial charge in [0.25, 0.3) is 0 Å². The molecule has 5 heteroatoms. The van der Waals surface area contributed by atoms with Gasteiger partial charge in [0.2, 0.25) is 5.91 Å². The van der Waals surface area contributed by atoms with E-state index < -0.39 is 6.04 Å². The topological polar surface area (TPSA) is 64.3 Å². The maximum absolute atomic E-state index is 13.7. The van der Waals surface area contributed by atoms with E-state index in [1.54, 1.807) is 23.1 Å². The Balaban J connectivity index is 1.53. The van der Waals surface area contributed by atoms with Crippen LogP contribution in [0.15, 0.2) is 48.5 Å². The van der Waals surface area contributed by atoms with Gasteiger partial charge in [-0.05, 0) is 42.7 Å². The average Bonchev–Trinajstić information content (AvgIpc) is 3.53. The van der Waals surface area contributed by atoms with Crippen molar-refractivity contribution in [1.29, 1.82) is 5.26 Å². The summed E-state index contributed by atoms with van der Waals surface area (Å²) in [4.78, 5) is 14.0. The Morgan fingerprint density at radius 3 is 2.46 bits per heavy atom. The molecular weight excluding hydrogens is 355 g/mol. The maximum Gasteiger partial charge on any atom is 0.227 e. The summed E-state index contributed by atoms with van der Waals surface area (Å²) in [6, 6.07) is 15.0. The number of benzene rings is 2. The van der Waals surface area contributed by atoms with E-state index in [4.69, 9.17) is 0 Å². The van der Waals surface area contributed by atoms with Crippen LogP contribution in [0.2, 0.25) is 0 Å². The average molecular weight is 374 g/mol. The molecule has 3 atom stereocenters. The Morgan fingerprint density at radius 1 is 1.14 bits per heavy atom. The quantitative estimate of drug-likeness (QED) is 0.841. The molecule has 0 unspecified atom stereocenters. The number of aliphatic hydroxyl groups excluding tert-OH is 1. The number of carbonyl (C=O) groups excluding carboxylic acids is 1. The van der Waals surface area contributed by atoms with Gasteiger partial charge in [-0.3, -0.25) is 4.79 Å². The molecule has 2 fully saturated rings. The molecule has 1 N–H and O–H groups in total. The number of halogens is 1. The highest BCUT2D eigenvalue weighted by molar-refractivity contribution is 5.83. The lowest BCUT2D eigenvalue weighted by Crippen LogP contribution is -2.65. The van der Waals surface area contributed by atoms with Gasteiger partial charge in [0.15, 0.2) is 0 Å². The first-order valence-corrected chi connectivity index (χ1v) is 9.33. The van der Waals surface area contributed by atoms with E-state index in [2.05, 4.69) is 17.9 Å². The monoisotopic (exact) mass is 374 g/mol. The number of nitriles is 1. The van der Waals surface area contributed by atoms with Gasteiger partial charge in [-0.15, -0.1) is 0 Å². The van der Waals surface area contributed by atoms with Gasteiger partial charge in [0.1, 0.15) is 11.9 Å². The fraction of sp³-hybridized carbons (Fsp3) is 0.304. The van der Waals surface area contributed by atoms with E-state index in [1.165, 1.54) is 6.07 Å². The fourth-order valence-electron chi connectivity index (χ4n) is 3.74. The van der Waals surface area contributed by atoms with Crippen LogP contribution >= 0.6 is 0 Å². The molecule has 28 heavy (non-hydrogen) atoms. The summed E-state index contributed by atoms with van der Waals surface area (Å²) in [5.41, 5.74) is 1.96. The zero-order valence-corrected chi connectivity index (χ0v) is 15.2. The van der Waals surface area contributed by atoms with Gasteiger partial charge >= 0.3 is 0 Å². The smallest absolute Gasteiger partial charge is 0.227 e. The lowest BCUT2D eigenvalue weighted by Gasteiger charge is -2.51. The number of amides is 1. The summed E-state index contributed by atoms with van der Waals surface area (Å²) in [5.74, 6) is 5.18. The standard InChI is InChI=1S/C23H19FN2O2/c24-19-4-2-1-3-16(19)8-5-15-6-9-17(10-7-15)22-20(13-25)26(21(22)14-27)23(28)18-11-12-18/h1-4,6-7,9-10,18,20-22,27H,11-12,14H2/t20-,21+,22-/m0/s1. The highest BCUT2D eigenvalue weighted by Gasteiger charge is 2.53. The molecule has 1 heterocycles. The number of nitrogens with zero attached hydrogens (tertiary/aromatic N) is 2. The Morgan fingerprint density at radius 2 is 1.86 bits per heavy atom. The van der Waals surface area contributed by atoms with Crippen molar-refractivity contribution in [3.63, 3.8) is 0 Å². The largest absolute Gasteiger partial charge is 0.394 e. The third-order valence-corrected chi connectivity index (χ3v) is 5.42. The Labute approximate surface area is 163 Å². The van der Waals surface area contributed by atoms with Crippen LogP contribution in [0, 0.1) is 34.9 Å². The van der Waals surface area contributed by atoms with Crippen LogP contribution < -0.4 is 0 Å². The molecule has 2 aromatic rings. The van der Waals surface area contributed by atoms with Gasteiger partial charge in [-0.2, -0.15) is 5.26 Å². The zero-order chi connectivity index (χ0) is 19.7. The van der Waals surface area contributed by atoms with Crippen molar-refractivity contribution in [2.45, 2.75) is 30.8 Å². The second-order valence-corrected chi connectivity index (χ2v) is 7.22. The summed E-state index contributed by atoms with van der Waals surface area (Å²) in [6.07, 6.45) is 1.73. The first-order chi connectivity index (χ1) is 13.6. The number of hydrogen-bond acceptors (Lipinski definition) is 3. The van der Waals surface area contributed by atoms with Crippen molar-refractivity contribution in [1.82, 2.24) is 4.90 Å². The predicted octanol–water partition coefficient (Wildman–Crippen LogP) is 2.81. The van der Waals surface area contributed by atoms with Crippen LogP contribution in [-0.2, 0) is 4.79 Å². The van der Waals surface area contributed by atoms with Crippen molar-refractivity contribution in [2.24, 2.45) is 5.92 Å². The summed E-state index contributed by atoms with van der Waals surface area (Å²) in [5, 5.41) is 19.3. The van der Waals surface area contributed by atoms with Gasteiger partial charge in [-0.1, -0.05) is 36.1 Å². The lowest BCUT2D eigenvalue weighted by atomic mass is 9.75. The Kier molecular flexibility index (Phi) is 4.86. The van der Waals surface area contributed by atoms with Gasteiger partial charge < -0.3 is 10.0 Å². The number of rotatable bonds is 3. The Bertz CT molecular complexity index is 996. The number of hydrogen-bond donors (Lipinski definition) is 1. The third-order valence-electron chi connectivity index (χ3n) is 5.42. The predicted molar refractivity (Wildman–Crippen MR) is 101 cm³/mol. The van der Waals surface area contributed by atoms with E-state index in [9.17, 15) is 19.6 Å². The highest BCUT2D eigenvalue weighted by atomic mass is 19.1. The molecular formula is C23H19FN2O2. The third kappa shape index (κ3) is 3.26. The molecule has 1 saturated carbocycles. The molecule has 1 amide bonds. The van der Waals surface area contributed by atoms with Gasteiger partial charge in [0, 0.05) is 17.4 Å². The SMILES string of the molecule is N#C[C@H]1[C@H](c2ccc(C#Cc3ccccc3F)cc2)[C@@H](CO)N1C(=O)C1CC1. The molecule has 0 bridgehead atoms. The normalized spacial score (nSPS) is 23.2. The zero-order valence-electron chi connectivity index (χ0n) is 15.2. The second-order valence-electron chi connectivity index (χ2n) is 7.22. The number of aliphatic hydroxyl groups is 1. The summed E-state index contributed by atoms with van der Waals surface area (Å²) in [7, 11) is 0. The van der Waals surface area contributed by atoms with Crippen LogP contribution in [0.5, 0.6) is 0 Å². The van der Waals surface area contributed by atoms with E-state index in [0.717, 1.165) is 24.0 Å². The molecule has 4 nitrogen and oxygen atoms in total. The van der Waals surface area contributed by atoms with Crippen LogP contribution in [0.4, 0.5) is 4.39 Å². The molecule has 0 aromatic heterocycles. The summed E-state index contributed by atoms with van der Waals surface area (Å²) in [6.45, 7) is -0.170. The van der Waals surface area contributed by atoms with Gasteiger partial charge in [-0.25, -0.2) is 4.39 Å². The second kappa shape index (κ2) is 7.46. The molecule has 0 spiro atoms. The molecule has 1 aliphatic carbocycles. The summed E-state index contributed by atoms with van der Waals surface area (Å²) >= 11 is 0. The Hall–Kier alpha value is -3.15. The van der Waals surface area contributed by atoms with Crippen LogP contribution in [0.3, 0.4) is 0 Å². The minimum absolute atomic E-state index is 0.0156. The van der Waals surface area contributed by atoms with Crippen molar-refractivity contribution < 1.29 is 14.3 Å². The molecule has 140 valence electrons. The van der Waals surface area contributed by atoms with Crippen LogP contribution in [0.1, 0.15) is 35.4 Å². The van der Waals surface area contributed by atoms with E-state index in [1.807, 2.05) is 24.3 Å². The molecule has 4 rings (SSSR count). The van der Waals surface area contributed by atoms with Crippen molar-refractivity contribution >= 4 is 5.91 Å². The first-order valence-electron chi connectivity index (χ1n) is 9.33. The summed E-state index contributed by atoms with van der Waals surface area (Å²) < 4.78 is 13.7. The lowest BCUT2D eigenvalue weighted by molar-refractivity contribution is -0.148. The molecule has 1 aliphatic heterocycles. The van der Waals surface area contributed by atoms with Crippen molar-refractivity contribution in [3.05, 3.63) is 71.0 Å². The first kappa shape index (κ1) is 18.2. The molecule has 2 aliphatic rings. The number of carbonyl (C=O) groups is 1. The van der Waals surface area contributed by atoms with Crippen molar-refractivity contribution in [2.75, 3.05) is 6.61 Å². The van der Waals surface area contributed by atoms with E-state index in [-0.39, 0.29) is 36.2 Å². The number of likely N-dealkylation sites (tertiary alicyclic amines) is 1. The minimum atomic E-state index is -0.555. The molecule has 1 saturated heterocycles. The fourth-order valence-corrected chi connectivity index (χ4v) is 3.74. The van der Waals surface area contributed by atoms with E-state index in [0.29, 0.717) is 5.56 Å². The highest BCUT2D eigenvalue weighted by Crippen LogP contribution is 2.44. The molecule has 0 radical (unpaired) electrons. The van der Waals surface area contributed by atoms with Crippen LogP contribution in [-0.4, -0.2) is 34.6 Å². The van der Waals surface area contributed by atoms with Gasteiger partial charge in [0.05, 0.1) is 24.3 Å². The van der Waals surface area contributed by atoms with Crippen molar-refractivity contribution in [3.8, 4) is 17.9 Å². The maximum atomic E-state index is 13.7. The minimum Gasteiger partial charge on any atom is -0.394 e. The molecule has 2 aromatic carbocycles. The van der Waals surface area contributed by atoms with E-state index >= 15 is 0 Å².